The molecule has 2 aliphatic rings. The van der Waals surface area contributed by atoms with Crippen molar-refractivity contribution in [1.29, 1.82) is 0 Å². The van der Waals surface area contributed by atoms with Crippen LogP contribution in [0.25, 0.3) is 11.0 Å². The first-order valence-electron chi connectivity index (χ1n) is 8.19. The summed E-state index contributed by atoms with van der Waals surface area (Å²) >= 11 is 0. The maximum Gasteiger partial charge on any atom is 0.134 e. The average molecular weight is 285 g/mol. The summed E-state index contributed by atoms with van der Waals surface area (Å²) in [5.74, 6) is 1.03. The van der Waals surface area contributed by atoms with Crippen LogP contribution in [0.15, 0.2) is 28.7 Å². The Hall–Kier alpha value is -1.32. The second-order valence-corrected chi connectivity index (χ2v) is 6.59. The van der Waals surface area contributed by atoms with Gasteiger partial charge in [-0.3, -0.25) is 4.90 Å². The van der Waals surface area contributed by atoms with Gasteiger partial charge in [0.15, 0.2) is 0 Å². The lowest BCUT2D eigenvalue weighted by Crippen LogP contribution is -2.53. The van der Waals surface area contributed by atoms with Gasteiger partial charge in [0, 0.05) is 17.5 Å². The molecular weight excluding hydrogens is 262 g/mol. The Morgan fingerprint density at radius 3 is 3.05 bits per heavy atom. The van der Waals surface area contributed by atoms with E-state index in [4.69, 9.17) is 4.42 Å². The number of benzene rings is 1. The maximum atomic E-state index is 11.2. The predicted molar refractivity (Wildman–Crippen MR) is 83.3 cm³/mol. The lowest BCUT2D eigenvalue weighted by atomic mass is 9.77. The first-order valence-corrected chi connectivity index (χ1v) is 8.19. The molecule has 2 atom stereocenters. The number of nitrogens with zero attached hydrogens (tertiary/aromatic N) is 1. The first-order chi connectivity index (χ1) is 10.2. The minimum absolute atomic E-state index is 0.0438. The third kappa shape index (κ3) is 1.95. The van der Waals surface area contributed by atoms with Crippen molar-refractivity contribution in [2.75, 3.05) is 13.1 Å². The minimum atomic E-state index is -0.629. The normalized spacial score (nSPS) is 29.3. The highest BCUT2D eigenvalue weighted by Crippen LogP contribution is 2.47. The molecule has 112 valence electrons. The molecule has 1 fully saturated rings. The molecule has 0 bridgehead atoms. The van der Waals surface area contributed by atoms with Gasteiger partial charge in [-0.1, -0.05) is 31.5 Å². The molecule has 0 saturated carbocycles. The van der Waals surface area contributed by atoms with Gasteiger partial charge in [-0.25, -0.2) is 0 Å². The van der Waals surface area contributed by atoms with E-state index in [2.05, 4.69) is 24.0 Å². The number of rotatable bonds is 2. The van der Waals surface area contributed by atoms with Crippen LogP contribution in [0.5, 0.6) is 0 Å². The number of fused-ring (bicyclic) bond motifs is 5. The Morgan fingerprint density at radius 1 is 1.33 bits per heavy atom. The fourth-order valence-electron chi connectivity index (χ4n) is 4.39. The largest absolute Gasteiger partial charge is 0.459 e. The summed E-state index contributed by atoms with van der Waals surface area (Å²) in [6.45, 7) is 4.26. The van der Waals surface area contributed by atoms with Crippen molar-refractivity contribution in [3.63, 3.8) is 0 Å². The van der Waals surface area contributed by atoms with Crippen molar-refractivity contribution in [2.45, 2.75) is 50.7 Å². The topological polar surface area (TPSA) is 36.6 Å². The van der Waals surface area contributed by atoms with Gasteiger partial charge in [0.2, 0.25) is 0 Å². The van der Waals surface area contributed by atoms with Gasteiger partial charge in [0.25, 0.3) is 0 Å². The first kappa shape index (κ1) is 13.4. The maximum absolute atomic E-state index is 11.2. The monoisotopic (exact) mass is 285 g/mol. The van der Waals surface area contributed by atoms with Gasteiger partial charge in [-0.2, -0.15) is 0 Å². The van der Waals surface area contributed by atoms with E-state index in [0.29, 0.717) is 0 Å². The summed E-state index contributed by atoms with van der Waals surface area (Å²) < 4.78 is 6.20. The van der Waals surface area contributed by atoms with Gasteiger partial charge in [0.1, 0.15) is 11.3 Å². The molecule has 4 rings (SSSR count). The van der Waals surface area contributed by atoms with Crippen molar-refractivity contribution in [2.24, 2.45) is 0 Å². The molecule has 2 aliphatic heterocycles. The van der Waals surface area contributed by atoms with Crippen molar-refractivity contribution in [3.05, 3.63) is 35.6 Å². The zero-order valence-electron chi connectivity index (χ0n) is 12.6. The highest BCUT2D eigenvalue weighted by Gasteiger charge is 2.48. The molecule has 3 nitrogen and oxygen atoms in total. The molecule has 2 unspecified atom stereocenters. The van der Waals surface area contributed by atoms with Crippen molar-refractivity contribution >= 4 is 11.0 Å². The van der Waals surface area contributed by atoms with E-state index in [-0.39, 0.29) is 6.04 Å². The summed E-state index contributed by atoms with van der Waals surface area (Å²) in [7, 11) is 0. The Kier molecular flexibility index (Phi) is 3.09. The SMILES string of the molecule is CCCC1(O)CCCN2CCc3c(oc4ccccc34)C21. The minimum Gasteiger partial charge on any atom is -0.459 e. The van der Waals surface area contributed by atoms with Gasteiger partial charge in [-0.05, 0) is 38.3 Å². The van der Waals surface area contributed by atoms with Gasteiger partial charge < -0.3 is 9.52 Å². The zero-order valence-corrected chi connectivity index (χ0v) is 12.6. The smallest absolute Gasteiger partial charge is 0.134 e. The van der Waals surface area contributed by atoms with E-state index >= 15 is 0 Å². The highest BCUT2D eigenvalue weighted by molar-refractivity contribution is 5.82. The second kappa shape index (κ2) is 4.85. The van der Waals surface area contributed by atoms with Crippen LogP contribution in [0, 0.1) is 0 Å². The molecule has 0 aliphatic carbocycles. The van der Waals surface area contributed by atoms with Crippen LogP contribution in [-0.2, 0) is 6.42 Å². The van der Waals surface area contributed by atoms with E-state index in [1.54, 1.807) is 0 Å². The van der Waals surface area contributed by atoms with Crippen LogP contribution in [0.3, 0.4) is 0 Å². The van der Waals surface area contributed by atoms with E-state index in [1.807, 2.05) is 12.1 Å². The Bertz CT molecular complexity index is 658. The number of para-hydroxylation sites is 1. The summed E-state index contributed by atoms with van der Waals surface area (Å²) in [5, 5.41) is 12.5. The van der Waals surface area contributed by atoms with E-state index in [1.165, 1.54) is 10.9 Å². The number of hydrogen-bond donors (Lipinski definition) is 1. The standard InChI is InChI=1S/C18H23NO2/c1-2-9-18(20)10-5-11-19-12-8-14-13-6-3-4-7-15(13)21-16(14)17(18)19/h3-4,6-7,17,20H,2,5,8-12H2,1H3. The van der Waals surface area contributed by atoms with Crippen LogP contribution < -0.4 is 0 Å². The summed E-state index contributed by atoms with van der Waals surface area (Å²) in [6, 6.07) is 8.33. The summed E-state index contributed by atoms with van der Waals surface area (Å²) in [5.41, 5.74) is 1.66. The van der Waals surface area contributed by atoms with Crippen LogP contribution in [-0.4, -0.2) is 28.7 Å². The molecule has 0 radical (unpaired) electrons. The van der Waals surface area contributed by atoms with Crippen LogP contribution in [0.2, 0.25) is 0 Å². The number of furan rings is 1. The Balaban J connectivity index is 1.87. The molecule has 21 heavy (non-hydrogen) atoms. The third-order valence-corrected chi connectivity index (χ3v) is 5.24. The van der Waals surface area contributed by atoms with Crippen molar-refractivity contribution in [1.82, 2.24) is 4.90 Å². The fraction of sp³-hybridized carbons (Fsp3) is 0.556. The summed E-state index contributed by atoms with van der Waals surface area (Å²) in [4.78, 5) is 2.43. The molecule has 2 aromatic rings. The number of hydrogen-bond acceptors (Lipinski definition) is 3. The number of aliphatic hydroxyl groups is 1. The fourth-order valence-corrected chi connectivity index (χ4v) is 4.39. The lowest BCUT2D eigenvalue weighted by Gasteiger charge is -2.48. The molecule has 0 spiro atoms. The van der Waals surface area contributed by atoms with E-state index < -0.39 is 5.60 Å². The average Bonchev–Trinajstić information content (AvgIpc) is 2.85. The Morgan fingerprint density at radius 2 is 2.19 bits per heavy atom. The molecule has 1 saturated heterocycles. The molecular formula is C18H23NO2. The second-order valence-electron chi connectivity index (χ2n) is 6.59. The van der Waals surface area contributed by atoms with Crippen LogP contribution >= 0.6 is 0 Å². The van der Waals surface area contributed by atoms with Gasteiger partial charge in [-0.15, -0.1) is 0 Å². The zero-order chi connectivity index (χ0) is 14.4. The van der Waals surface area contributed by atoms with E-state index in [9.17, 15) is 5.11 Å². The lowest BCUT2D eigenvalue weighted by molar-refractivity contribution is -0.0991. The molecule has 3 heteroatoms. The summed E-state index contributed by atoms with van der Waals surface area (Å²) in [6.07, 6.45) is 4.87. The quantitative estimate of drug-likeness (QED) is 0.915. The molecule has 1 aromatic heterocycles. The predicted octanol–water partition coefficient (Wildman–Crippen LogP) is 3.66. The highest BCUT2D eigenvalue weighted by atomic mass is 16.3. The number of piperidine rings is 1. The molecule has 3 heterocycles. The van der Waals surface area contributed by atoms with Crippen molar-refractivity contribution in [3.8, 4) is 0 Å². The van der Waals surface area contributed by atoms with Crippen LogP contribution in [0.4, 0.5) is 0 Å². The molecule has 1 aromatic carbocycles. The van der Waals surface area contributed by atoms with E-state index in [0.717, 1.165) is 56.5 Å². The Labute approximate surface area is 125 Å². The molecule has 0 amide bonds. The van der Waals surface area contributed by atoms with Gasteiger partial charge in [0.05, 0.1) is 11.6 Å². The third-order valence-electron chi connectivity index (χ3n) is 5.24. The van der Waals surface area contributed by atoms with Crippen LogP contribution in [0.1, 0.15) is 50.0 Å². The van der Waals surface area contributed by atoms with Gasteiger partial charge >= 0.3 is 0 Å². The van der Waals surface area contributed by atoms with Crippen molar-refractivity contribution < 1.29 is 9.52 Å². The molecule has 1 N–H and O–H groups in total.